The monoisotopic (exact) mass is 729 g/mol. The Balaban J connectivity index is 1.19. The number of halogens is 2. The summed E-state index contributed by atoms with van der Waals surface area (Å²) in [5.74, 6) is -1.58. The van der Waals surface area contributed by atoms with Gasteiger partial charge in [-0.25, -0.2) is 8.78 Å². The topological polar surface area (TPSA) is 132 Å². The van der Waals surface area contributed by atoms with Crippen LogP contribution >= 0.6 is 0 Å². The number of likely N-dealkylation sites (tertiary alicyclic amines) is 1. The van der Waals surface area contributed by atoms with Crippen molar-refractivity contribution in [2.24, 2.45) is 0 Å². The number of hydrogen-bond donors (Lipinski definition) is 2. The minimum atomic E-state index is -0.918. The summed E-state index contributed by atoms with van der Waals surface area (Å²) in [7, 11) is 0. The number of rotatable bonds is 14. The Labute approximate surface area is 305 Å². The van der Waals surface area contributed by atoms with E-state index in [9.17, 15) is 18.8 Å². The van der Waals surface area contributed by atoms with E-state index in [1.165, 1.54) is 66.8 Å². The second-order valence-corrected chi connectivity index (χ2v) is 12.8. The Hall–Kier alpha value is -5.76. The second-order valence-electron chi connectivity index (χ2n) is 12.8. The lowest BCUT2D eigenvalue weighted by atomic mass is 10.1. The van der Waals surface area contributed by atoms with Crippen LogP contribution in [-0.4, -0.2) is 73.6 Å². The van der Waals surface area contributed by atoms with Gasteiger partial charge in [0.1, 0.15) is 30.4 Å². The number of pyridine rings is 1. The number of piperidine rings is 1. The molecule has 12 nitrogen and oxygen atoms in total. The molecule has 0 radical (unpaired) electrons. The number of ether oxygens (including phenoxy) is 4. The molecule has 0 bridgehead atoms. The number of fused-ring (bicyclic) bond motifs is 3. The van der Waals surface area contributed by atoms with Crippen molar-refractivity contribution in [2.45, 2.75) is 45.6 Å². The highest BCUT2D eigenvalue weighted by Crippen LogP contribution is 2.48. The van der Waals surface area contributed by atoms with Gasteiger partial charge in [0, 0.05) is 48.5 Å². The van der Waals surface area contributed by atoms with Crippen LogP contribution in [0.2, 0.25) is 0 Å². The zero-order valence-electron chi connectivity index (χ0n) is 29.5. The minimum Gasteiger partial charge on any atom is -0.489 e. The van der Waals surface area contributed by atoms with Gasteiger partial charge >= 0.3 is 0 Å². The average Bonchev–Trinajstić information content (AvgIpc) is 3.15. The average molecular weight is 730 g/mol. The fourth-order valence-corrected chi connectivity index (χ4v) is 6.32. The predicted octanol–water partition coefficient (Wildman–Crippen LogP) is 6.34. The Morgan fingerprint density at radius 2 is 1.72 bits per heavy atom. The maximum Gasteiger partial charge on any atom is 0.265 e. The fourth-order valence-electron chi connectivity index (χ4n) is 6.32. The van der Waals surface area contributed by atoms with E-state index in [0.717, 1.165) is 38.3 Å². The molecule has 0 unspecified atom stereocenters. The fraction of sp³-hybridized carbons (Fsp3) is 0.333. The van der Waals surface area contributed by atoms with Crippen molar-refractivity contribution in [3.63, 3.8) is 0 Å². The molecule has 0 spiro atoms. The van der Waals surface area contributed by atoms with Crippen LogP contribution in [0.1, 0.15) is 39.5 Å². The van der Waals surface area contributed by atoms with Gasteiger partial charge in [0.15, 0.2) is 23.1 Å². The number of nitrogens with zero attached hydrogens (tertiary/aromatic N) is 3. The molecule has 0 atom stereocenters. The Morgan fingerprint density at radius 1 is 0.962 bits per heavy atom. The zero-order chi connectivity index (χ0) is 37.3. The first-order valence-corrected chi connectivity index (χ1v) is 17.6. The van der Waals surface area contributed by atoms with Crippen LogP contribution in [0.4, 0.5) is 20.2 Å². The normalized spacial score (nSPS) is 14.5. The van der Waals surface area contributed by atoms with E-state index in [2.05, 4.69) is 20.5 Å². The van der Waals surface area contributed by atoms with Gasteiger partial charge in [-0.3, -0.25) is 19.4 Å². The summed E-state index contributed by atoms with van der Waals surface area (Å²) in [5.41, 5.74) is 0.401. The maximum absolute atomic E-state index is 15.6. The highest BCUT2D eigenvalue weighted by atomic mass is 19.1. The summed E-state index contributed by atoms with van der Waals surface area (Å²) in [6.45, 7) is 7.72. The molecule has 0 aliphatic carbocycles. The van der Waals surface area contributed by atoms with Gasteiger partial charge in [-0.05, 0) is 88.7 Å². The van der Waals surface area contributed by atoms with Gasteiger partial charge in [-0.2, -0.15) is 0 Å². The maximum atomic E-state index is 15.6. The number of amides is 3. The first-order chi connectivity index (χ1) is 25.7. The lowest BCUT2D eigenvalue weighted by Gasteiger charge is -2.27. The first-order valence-electron chi connectivity index (χ1n) is 17.6. The highest BCUT2D eigenvalue weighted by molar-refractivity contribution is 6.27. The molecular weight excluding hydrogens is 688 g/mol. The summed E-state index contributed by atoms with van der Waals surface area (Å²) in [6, 6.07) is 11.8. The smallest absolute Gasteiger partial charge is 0.265 e. The van der Waals surface area contributed by atoms with E-state index in [1.807, 2.05) is 0 Å². The van der Waals surface area contributed by atoms with Crippen LogP contribution in [0.5, 0.6) is 28.7 Å². The van der Waals surface area contributed by atoms with Crippen LogP contribution in [-0.2, 0) is 14.4 Å². The molecule has 6 rings (SSSR count). The number of carbonyl (C=O) groups is 3. The van der Waals surface area contributed by atoms with Crippen molar-refractivity contribution in [1.29, 1.82) is 0 Å². The van der Waals surface area contributed by atoms with Crippen LogP contribution < -0.4 is 34.5 Å². The third-order valence-corrected chi connectivity index (χ3v) is 8.79. The second kappa shape index (κ2) is 17.2. The van der Waals surface area contributed by atoms with Gasteiger partial charge in [-0.1, -0.05) is 6.42 Å². The van der Waals surface area contributed by atoms with E-state index in [1.54, 1.807) is 26.0 Å². The van der Waals surface area contributed by atoms with Gasteiger partial charge in [-0.15, -0.1) is 0 Å². The number of aromatic nitrogens is 1. The van der Waals surface area contributed by atoms with Crippen LogP contribution in [0.25, 0.3) is 10.9 Å². The molecule has 4 aromatic rings. The highest BCUT2D eigenvalue weighted by Gasteiger charge is 2.29. The van der Waals surface area contributed by atoms with Crippen molar-refractivity contribution in [3.8, 4) is 28.7 Å². The molecule has 2 N–H and O–H groups in total. The summed E-state index contributed by atoms with van der Waals surface area (Å²) in [5, 5.41) is 5.21. The third-order valence-electron chi connectivity index (χ3n) is 8.79. The van der Waals surface area contributed by atoms with E-state index in [0.29, 0.717) is 53.5 Å². The summed E-state index contributed by atoms with van der Waals surface area (Å²) < 4.78 is 53.4. The van der Waals surface area contributed by atoms with Gasteiger partial charge in [0.25, 0.3) is 11.8 Å². The van der Waals surface area contributed by atoms with Crippen molar-refractivity contribution in [2.75, 3.05) is 49.7 Å². The van der Waals surface area contributed by atoms with Crippen molar-refractivity contribution >= 4 is 40.5 Å². The molecule has 278 valence electrons. The zero-order valence-corrected chi connectivity index (χ0v) is 29.5. The number of nitrogens with one attached hydrogen (secondary N) is 2. The van der Waals surface area contributed by atoms with E-state index >= 15 is 4.39 Å². The molecule has 53 heavy (non-hydrogen) atoms. The minimum absolute atomic E-state index is 0.0123. The molecule has 2 aliphatic rings. The first kappa shape index (κ1) is 37.0. The standard InChI is InChI=1S/C39H41F2N5O7/c1-25(2)46(28-10-7-26(40)8-11-28)39(49)29(23-42-24-47)38(48)44-27-9-12-32(30(41)21-27)53-33-13-14-43-31-22-34(36-37(35(31)33)52-20-19-51-36)50-18-6-17-45-15-4-3-5-16-45/h7-14,21-25H,3-6,15-20H2,1-2H3,(H,42,47)(H,44,48)/b29-23-. The molecule has 2 aliphatic heterocycles. The number of anilines is 2. The molecular formula is C39H41F2N5O7. The van der Waals surface area contributed by atoms with Crippen molar-refractivity contribution in [1.82, 2.24) is 15.2 Å². The quantitative estimate of drug-likeness (QED) is 0.0502. The van der Waals surface area contributed by atoms with Crippen LogP contribution in [0.15, 0.2) is 72.6 Å². The van der Waals surface area contributed by atoms with E-state index in [-0.39, 0.29) is 23.8 Å². The number of benzene rings is 3. The van der Waals surface area contributed by atoms with Crippen molar-refractivity contribution in [3.05, 3.63) is 84.2 Å². The van der Waals surface area contributed by atoms with Crippen LogP contribution in [0.3, 0.4) is 0 Å². The molecule has 3 aromatic carbocycles. The largest absolute Gasteiger partial charge is 0.489 e. The molecule has 14 heteroatoms. The molecule has 1 saturated heterocycles. The summed E-state index contributed by atoms with van der Waals surface area (Å²) in [4.78, 5) is 46.3. The summed E-state index contributed by atoms with van der Waals surface area (Å²) >= 11 is 0. The molecule has 1 aromatic heterocycles. The van der Waals surface area contributed by atoms with Gasteiger partial charge in [0.05, 0.1) is 17.5 Å². The lowest BCUT2D eigenvalue weighted by molar-refractivity contribution is -0.120. The molecule has 3 amide bonds. The molecule has 0 saturated carbocycles. The number of carbonyl (C=O) groups excluding carboxylic acids is 3. The lowest BCUT2D eigenvalue weighted by Crippen LogP contribution is -2.41. The van der Waals surface area contributed by atoms with Crippen LogP contribution in [0, 0.1) is 11.6 Å². The third kappa shape index (κ3) is 8.83. The SMILES string of the molecule is CC(C)N(C(=O)/C(=C\NC=O)C(=O)Nc1ccc(Oc2ccnc3cc(OCCCN4CCCCC4)c4c(c23)OCCO4)c(F)c1)c1ccc(F)cc1. The Morgan fingerprint density at radius 3 is 2.43 bits per heavy atom. The van der Waals surface area contributed by atoms with Crippen molar-refractivity contribution < 1.29 is 42.1 Å². The van der Waals surface area contributed by atoms with Gasteiger partial charge in [0.2, 0.25) is 12.2 Å². The predicted molar refractivity (Wildman–Crippen MR) is 195 cm³/mol. The van der Waals surface area contributed by atoms with E-state index < -0.39 is 35.1 Å². The summed E-state index contributed by atoms with van der Waals surface area (Å²) in [6.07, 6.45) is 7.38. The molecule has 3 heterocycles. The molecule has 1 fully saturated rings. The Kier molecular flexibility index (Phi) is 12.0. The number of hydrogen-bond acceptors (Lipinski definition) is 9. The Bertz CT molecular complexity index is 1980. The van der Waals surface area contributed by atoms with Gasteiger partial charge < -0.3 is 39.4 Å². The van der Waals surface area contributed by atoms with E-state index in [4.69, 9.17) is 18.9 Å².